The first kappa shape index (κ1) is 15.8. The van der Waals surface area contributed by atoms with Crippen LogP contribution in [0.2, 0.25) is 0 Å². The van der Waals surface area contributed by atoms with Gasteiger partial charge in [-0.2, -0.15) is 0 Å². The van der Waals surface area contributed by atoms with Crippen molar-refractivity contribution < 1.29 is 9.53 Å². The van der Waals surface area contributed by atoms with Crippen molar-refractivity contribution in [2.75, 3.05) is 13.2 Å². The summed E-state index contributed by atoms with van der Waals surface area (Å²) < 4.78 is 5.73. The quantitative estimate of drug-likeness (QED) is 0.705. The van der Waals surface area contributed by atoms with E-state index in [1.807, 2.05) is 0 Å². The molecule has 2 saturated carbocycles. The molecule has 0 heterocycles. The van der Waals surface area contributed by atoms with Crippen LogP contribution in [0.1, 0.15) is 64.2 Å². The summed E-state index contributed by atoms with van der Waals surface area (Å²) in [6.45, 7) is 1.21. The Balaban J connectivity index is 1.53. The maximum Gasteiger partial charge on any atom is 0.237 e. The minimum absolute atomic E-state index is 0.00871. The van der Waals surface area contributed by atoms with Crippen molar-refractivity contribution in [2.24, 2.45) is 11.7 Å². The lowest BCUT2D eigenvalue weighted by molar-refractivity contribution is -0.123. The Morgan fingerprint density at radius 2 is 1.75 bits per heavy atom. The summed E-state index contributed by atoms with van der Waals surface area (Å²) in [7, 11) is 0. The fourth-order valence-corrected chi connectivity index (χ4v) is 3.47. The number of carbonyl (C=O) groups excluding carboxylic acids is 1. The zero-order chi connectivity index (χ0) is 14.2. The van der Waals surface area contributed by atoms with Gasteiger partial charge in [0.2, 0.25) is 5.91 Å². The zero-order valence-electron chi connectivity index (χ0n) is 12.6. The summed E-state index contributed by atoms with van der Waals surface area (Å²) in [5.41, 5.74) is 6.00. The van der Waals surface area contributed by atoms with Gasteiger partial charge in [0.25, 0.3) is 0 Å². The Hall–Kier alpha value is -0.610. The summed E-state index contributed by atoms with van der Waals surface area (Å²) in [6, 6.07) is -0.343. The van der Waals surface area contributed by atoms with Gasteiger partial charge in [0.15, 0.2) is 0 Å². The Labute approximate surface area is 122 Å². The average Bonchev–Trinajstić information content (AvgIpc) is 2.97. The van der Waals surface area contributed by atoms with E-state index < -0.39 is 0 Å². The van der Waals surface area contributed by atoms with Crippen LogP contribution in [0.5, 0.6) is 0 Å². The van der Waals surface area contributed by atoms with Crippen LogP contribution in [0.15, 0.2) is 0 Å². The fraction of sp³-hybridized carbons (Fsp3) is 0.938. The van der Waals surface area contributed by atoms with Gasteiger partial charge in [-0.25, -0.2) is 0 Å². The van der Waals surface area contributed by atoms with Gasteiger partial charge in [-0.3, -0.25) is 4.79 Å². The third-order valence-electron chi connectivity index (χ3n) is 4.71. The van der Waals surface area contributed by atoms with Gasteiger partial charge >= 0.3 is 0 Å². The van der Waals surface area contributed by atoms with Crippen molar-refractivity contribution >= 4 is 5.91 Å². The fourth-order valence-electron chi connectivity index (χ4n) is 3.47. The number of nitrogens with one attached hydrogen (secondary N) is 1. The molecule has 2 fully saturated rings. The summed E-state index contributed by atoms with van der Waals surface area (Å²) >= 11 is 0. The molecule has 116 valence electrons. The number of carbonyl (C=O) groups is 1. The molecule has 0 aromatic heterocycles. The molecule has 0 aromatic rings. The second-order valence-electron chi connectivity index (χ2n) is 6.41. The van der Waals surface area contributed by atoms with E-state index in [4.69, 9.17) is 10.5 Å². The largest absolute Gasteiger partial charge is 0.376 e. The Morgan fingerprint density at radius 3 is 2.45 bits per heavy atom. The SMILES string of the molecule is NC(CC1CCCCC1)C(=O)NCCOC1CCCC1. The molecule has 4 heteroatoms. The highest BCUT2D eigenvalue weighted by molar-refractivity contribution is 5.81. The first-order valence-corrected chi connectivity index (χ1v) is 8.40. The van der Waals surface area contributed by atoms with E-state index in [2.05, 4.69) is 5.32 Å². The highest BCUT2D eigenvalue weighted by Crippen LogP contribution is 2.26. The predicted octanol–water partition coefficient (Wildman–Crippen LogP) is 2.36. The molecule has 2 aliphatic carbocycles. The van der Waals surface area contributed by atoms with Crippen LogP contribution in [0.4, 0.5) is 0 Å². The van der Waals surface area contributed by atoms with E-state index in [1.165, 1.54) is 57.8 Å². The first-order valence-electron chi connectivity index (χ1n) is 8.40. The van der Waals surface area contributed by atoms with Gasteiger partial charge in [0.05, 0.1) is 18.8 Å². The first-order chi connectivity index (χ1) is 9.75. The lowest BCUT2D eigenvalue weighted by atomic mass is 9.85. The molecule has 1 unspecified atom stereocenters. The van der Waals surface area contributed by atoms with Gasteiger partial charge in [-0.1, -0.05) is 44.9 Å². The zero-order valence-corrected chi connectivity index (χ0v) is 12.6. The van der Waals surface area contributed by atoms with Crippen molar-refractivity contribution in [1.82, 2.24) is 5.32 Å². The minimum Gasteiger partial charge on any atom is -0.376 e. The molecular formula is C16H30N2O2. The van der Waals surface area contributed by atoms with Crippen molar-refractivity contribution in [3.8, 4) is 0 Å². The second-order valence-corrected chi connectivity index (χ2v) is 6.41. The van der Waals surface area contributed by atoms with Gasteiger partial charge in [-0.05, 0) is 25.2 Å². The molecule has 20 heavy (non-hydrogen) atoms. The summed E-state index contributed by atoms with van der Waals surface area (Å²) in [6.07, 6.45) is 12.6. The van der Waals surface area contributed by atoms with E-state index in [1.54, 1.807) is 0 Å². The Morgan fingerprint density at radius 1 is 1.10 bits per heavy atom. The number of ether oxygens (including phenoxy) is 1. The topological polar surface area (TPSA) is 64.4 Å². The van der Waals surface area contributed by atoms with Gasteiger partial charge in [0, 0.05) is 6.54 Å². The van der Waals surface area contributed by atoms with Crippen molar-refractivity contribution in [2.45, 2.75) is 76.4 Å². The number of hydrogen-bond acceptors (Lipinski definition) is 3. The molecule has 0 aliphatic heterocycles. The Bertz CT molecular complexity index is 284. The van der Waals surface area contributed by atoms with Crippen LogP contribution in [-0.4, -0.2) is 31.2 Å². The highest BCUT2D eigenvalue weighted by Gasteiger charge is 2.21. The lowest BCUT2D eigenvalue weighted by Crippen LogP contribution is -2.43. The van der Waals surface area contributed by atoms with Gasteiger partial charge < -0.3 is 15.8 Å². The maximum atomic E-state index is 11.9. The maximum absolute atomic E-state index is 11.9. The van der Waals surface area contributed by atoms with Gasteiger partial charge in [-0.15, -0.1) is 0 Å². The average molecular weight is 282 g/mol. The van der Waals surface area contributed by atoms with Gasteiger partial charge in [0.1, 0.15) is 0 Å². The normalized spacial score (nSPS) is 22.9. The van der Waals surface area contributed by atoms with Crippen molar-refractivity contribution in [1.29, 1.82) is 0 Å². The second kappa shape index (κ2) is 8.63. The van der Waals surface area contributed by atoms with Crippen molar-refractivity contribution in [3.05, 3.63) is 0 Å². The summed E-state index contributed by atoms with van der Waals surface area (Å²) in [5, 5.41) is 2.91. The van der Waals surface area contributed by atoms with E-state index in [0.29, 0.717) is 25.2 Å². The third kappa shape index (κ3) is 5.41. The summed E-state index contributed by atoms with van der Waals surface area (Å²) in [5.74, 6) is 0.643. The molecule has 0 saturated heterocycles. The van der Waals surface area contributed by atoms with Crippen LogP contribution in [0.25, 0.3) is 0 Å². The molecule has 1 amide bonds. The molecule has 0 bridgehead atoms. The number of rotatable bonds is 7. The molecule has 4 nitrogen and oxygen atoms in total. The number of nitrogens with two attached hydrogens (primary N) is 1. The van der Waals surface area contributed by atoms with Crippen LogP contribution < -0.4 is 11.1 Å². The van der Waals surface area contributed by atoms with Crippen molar-refractivity contribution in [3.63, 3.8) is 0 Å². The molecule has 2 rings (SSSR count). The highest BCUT2D eigenvalue weighted by atomic mass is 16.5. The summed E-state index contributed by atoms with van der Waals surface area (Å²) in [4.78, 5) is 11.9. The molecular weight excluding hydrogens is 252 g/mol. The molecule has 0 spiro atoms. The van der Waals surface area contributed by atoms with Crippen LogP contribution in [0.3, 0.4) is 0 Å². The molecule has 2 aliphatic rings. The van der Waals surface area contributed by atoms with E-state index >= 15 is 0 Å². The number of amides is 1. The number of hydrogen-bond donors (Lipinski definition) is 2. The standard InChI is InChI=1S/C16H30N2O2/c17-15(12-13-6-2-1-3-7-13)16(19)18-10-11-20-14-8-4-5-9-14/h13-15H,1-12,17H2,(H,18,19). The molecule has 3 N–H and O–H groups in total. The molecule has 0 aromatic carbocycles. The predicted molar refractivity (Wildman–Crippen MR) is 80.4 cm³/mol. The monoisotopic (exact) mass is 282 g/mol. The Kier molecular flexibility index (Phi) is 6.80. The molecule has 1 atom stereocenters. The van der Waals surface area contributed by atoms with E-state index in [9.17, 15) is 4.79 Å². The van der Waals surface area contributed by atoms with Crippen LogP contribution in [0, 0.1) is 5.92 Å². The van der Waals surface area contributed by atoms with Crippen LogP contribution in [-0.2, 0) is 9.53 Å². The smallest absolute Gasteiger partial charge is 0.237 e. The minimum atomic E-state index is -0.343. The van der Waals surface area contributed by atoms with E-state index in [0.717, 1.165) is 6.42 Å². The lowest BCUT2D eigenvalue weighted by Gasteiger charge is -2.24. The third-order valence-corrected chi connectivity index (χ3v) is 4.71. The molecule has 0 radical (unpaired) electrons. The van der Waals surface area contributed by atoms with E-state index in [-0.39, 0.29) is 11.9 Å². The van der Waals surface area contributed by atoms with Crippen LogP contribution >= 0.6 is 0 Å².